The van der Waals surface area contributed by atoms with Crippen LogP contribution in [0, 0.1) is 0 Å². The average Bonchev–Trinajstić information content (AvgIpc) is 2.58. The zero-order valence-electron chi connectivity index (χ0n) is 15.8. The fourth-order valence-electron chi connectivity index (χ4n) is 2.10. The minimum Gasteiger partial charge on any atom is -0.495 e. The van der Waals surface area contributed by atoms with Crippen molar-refractivity contribution in [3.8, 4) is 5.75 Å². The Morgan fingerprint density at radius 2 is 1.54 bits per heavy atom. The molecule has 9 heteroatoms. The molecule has 0 fully saturated rings. The first-order valence-corrected chi connectivity index (χ1v) is 8.25. The Morgan fingerprint density at radius 1 is 0.964 bits per heavy atom. The van der Waals surface area contributed by atoms with Gasteiger partial charge in [0.15, 0.2) is 0 Å². The van der Waals surface area contributed by atoms with Crippen LogP contribution < -0.4 is 10.1 Å². The van der Waals surface area contributed by atoms with Crippen LogP contribution in [0.5, 0.6) is 5.75 Å². The van der Waals surface area contributed by atoms with E-state index in [2.05, 4.69) is 15.5 Å². The lowest BCUT2D eigenvalue weighted by molar-refractivity contribution is -0.137. The maximum absolute atomic E-state index is 12.6. The Kier molecular flexibility index (Phi) is 6.27. The number of anilines is 1. The number of nitrogens with one attached hydrogen (secondary N) is 1. The van der Waals surface area contributed by atoms with Crippen molar-refractivity contribution in [3.63, 3.8) is 0 Å². The fraction of sp³-hybridized carbons (Fsp3) is 0.316. The van der Waals surface area contributed by atoms with Gasteiger partial charge in [-0.1, -0.05) is 0 Å². The summed E-state index contributed by atoms with van der Waals surface area (Å²) in [6.07, 6.45) is -5.07. The summed E-state index contributed by atoms with van der Waals surface area (Å²) in [7, 11) is 1.44. The highest BCUT2D eigenvalue weighted by molar-refractivity contribution is 5.87. The molecule has 0 radical (unpaired) electrons. The second kappa shape index (κ2) is 8.28. The average molecular weight is 395 g/mol. The van der Waals surface area contributed by atoms with Crippen molar-refractivity contribution in [1.29, 1.82) is 0 Å². The second-order valence-corrected chi connectivity index (χ2v) is 6.76. The van der Waals surface area contributed by atoms with Crippen molar-refractivity contribution in [1.82, 2.24) is 0 Å². The zero-order valence-corrected chi connectivity index (χ0v) is 15.8. The van der Waals surface area contributed by atoms with Gasteiger partial charge >= 0.3 is 12.3 Å². The lowest BCUT2D eigenvalue weighted by Crippen LogP contribution is -2.27. The third-order valence-corrected chi connectivity index (χ3v) is 3.29. The molecular weight excluding hydrogens is 375 g/mol. The summed E-state index contributed by atoms with van der Waals surface area (Å²) in [5.74, 6) is 0.388. The van der Waals surface area contributed by atoms with Gasteiger partial charge in [0.2, 0.25) is 0 Å². The van der Waals surface area contributed by atoms with Crippen LogP contribution in [-0.2, 0) is 10.9 Å². The van der Waals surface area contributed by atoms with Gasteiger partial charge in [-0.3, -0.25) is 5.32 Å². The summed E-state index contributed by atoms with van der Waals surface area (Å²) in [6, 6.07) is 8.97. The van der Waals surface area contributed by atoms with Gasteiger partial charge < -0.3 is 9.47 Å². The number of carbonyl (C=O) groups is 1. The van der Waals surface area contributed by atoms with Gasteiger partial charge in [-0.2, -0.15) is 23.4 Å². The van der Waals surface area contributed by atoms with Crippen LogP contribution in [0.1, 0.15) is 26.3 Å². The summed E-state index contributed by atoms with van der Waals surface area (Å²) in [6.45, 7) is 5.20. The minimum absolute atomic E-state index is 0.255. The van der Waals surface area contributed by atoms with Crippen molar-refractivity contribution in [2.75, 3.05) is 12.4 Å². The number of hydrogen-bond acceptors (Lipinski definition) is 5. The molecule has 0 aliphatic heterocycles. The van der Waals surface area contributed by atoms with Crippen molar-refractivity contribution < 1.29 is 27.4 Å². The molecule has 0 heterocycles. The Bertz CT molecular complexity index is 857. The minimum atomic E-state index is -4.41. The predicted molar refractivity (Wildman–Crippen MR) is 98.5 cm³/mol. The van der Waals surface area contributed by atoms with Crippen LogP contribution in [-0.4, -0.2) is 18.8 Å². The number of amides is 1. The zero-order chi connectivity index (χ0) is 20.9. The number of methoxy groups -OCH3 is 1. The number of halogens is 3. The molecule has 1 N–H and O–H groups in total. The van der Waals surface area contributed by atoms with Gasteiger partial charge in [0.25, 0.3) is 0 Å². The highest BCUT2D eigenvalue weighted by Crippen LogP contribution is 2.32. The molecular formula is C19H20F3N3O3. The van der Waals surface area contributed by atoms with Crippen LogP contribution in [0.2, 0.25) is 0 Å². The number of carbonyl (C=O) groups excluding carboxylic acids is 1. The molecule has 0 spiro atoms. The van der Waals surface area contributed by atoms with E-state index in [1.54, 1.807) is 32.9 Å². The summed E-state index contributed by atoms with van der Waals surface area (Å²) in [4.78, 5) is 12.0. The third kappa shape index (κ3) is 6.26. The fourth-order valence-corrected chi connectivity index (χ4v) is 2.10. The second-order valence-electron chi connectivity index (χ2n) is 6.76. The SMILES string of the molecule is COc1ccc(N=Nc2ccc(C(F)(F)F)cc2)cc1NC(=O)OC(C)(C)C. The summed E-state index contributed by atoms with van der Waals surface area (Å²) >= 11 is 0. The lowest BCUT2D eigenvalue weighted by atomic mass is 10.2. The van der Waals surface area contributed by atoms with Gasteiger partial charge in [0, 0.05) is 0 Å². The molecule has 0 aromatic heterocycles. The van der Waals surface area contributed by atoms with E-state index in [9.17, 15) is 18.0 Å². The first kappa shape index (κ1) is 21.2. The third-order valence-electron chi connectivity index (χ3n) is 3.29. The van der Waals surface area contributed by atoms with E-state index in [4.69, 9.17) is 9.47 Å². The molecule has 150 valence electrons. The number of nitrogens with zero attached hydrogens (tertiary/aromatic N) is 2. The molecule has 28 heavy (non-hydrogen) atoms. The smallest absolute Gasteiger partial charge is 0.416 e. The molecule has 6 nitrogen and oxygen atoms in total. The van der Waals surface area contributed by atoms with Gasteiger partial charge in [0.1, 0.15) is 11.4 Å². The van der Waals surface area contributed by atoms with E-state index in [1.807, 2.05) is 0 Å². The predicted octanol–water partition coefficient (Wildman–Crippen LogP) is 6.48. The molecule has 2 rings (SSSR count). The molecule has 1 amide bonds. The highest BCUT2D eigenvalue weighted by Gasteiger charge is 2.29. The van der Waals surface area contributed by atoms with Gasteiger partial charge in [-0.05, 0) is 63.2 Å². The summed E-state index contributed by atoms with van der Waals surface area (Å²) in [5.41, 5.74) is -0.491. The Morgan fingerprint density at radius 3 is 2.07 bits per heavy atom. The Balaban J connectivity index is 2.18. The van der Waals surface area contributed by atoms with Crippen molar-refractivity contribution in [2.24, 2.45) is 10.2 Å². The highest BCUT2D eigenvalue weighted by atomic mass is 19.4. The van der Waals surface area contributed by atoms with Crippen LogP contribution in [0.25, 0.3) is 0 Å². The van der Waals surface area contributed by atoms with E-state index in [0.717, 1.165) is 12.1 Å². The molecule has 0 aliphatic carbocycles. The maximum Gasteiger partial charge on any atom is 0.416 e. The Hall–Kier alpha value is -3.10. The molecule has 0 bridgehead atoms. The quantitative estimate of drug-likeness (QED) is 0.603. The number of rotatable bonds is 4. The molecule has 2 aromatic rings. The van der Waals surface area contributed by atoms with E-state index >= 15 is 0 Å². The van der Waals surface area contributed by atoms with Crippen molar-refractivity contribution >= 4 is 23.2 Å². The van der Waals surface area contributed by atoms with E-state index in [-0.39, 0.29) is 5.69 Å². The summed E-state index contributed by atoms with van der Waals surface area (Å²) in [5, 5.41) is 10.5. The number of azo groups is 1. The molecule has 0 saturated heterocycles. The van der Waals surface area contributed by atoms with Crippen LogP contribution >= 0.6 is 0 Å². The Labute approximate surface area is 160 Å². The van der Waals surface area contributed by atoms with Gasteiger partial charge in [-0.15, -0.1) is 0 Å². The molecule has 0 atom stereocenters. The van der Waals surface area contributed by atoms with E-state index in [0.29, 0.717) is 17.1 Å². The molecule has 0 aliphatic rings. The first-order chi connectivity index (χ1) is 13.0. The lowest BCUT2D eigenvalue weighted by Gasteiger charge is -2.20. The number of alkyl halides is 3. The van der Waals surface area contributed by atoms with E-state index < -0.39 is 23.4 Å². The number of benzene rings is 2. The molecule has 2 aromatic carbocycles. The van der Waals surface area contributed by atoms with Crippen LogP contribution in [0.3, 0.4) is 0 Å². The standard InChI is InChI=1S/C19H20F3N3O3/c1-18(2,3)28-17(26)23-15-11-14(9-10-16(15)27-4)25-24-13-7-5-12(6-8-13)19(20,21)22/h5-11H,1-4H3,(H,23,26). The van der Waals surface area contributed by atoms with Crippen molar-refractivity contribution in [3.05, 3.63) is 48.0 Å². The van der Waals surface area contributed by atoms with Crippen LogP contribution in [0.4, 0.5) is 35.0 Å². The first-order valence-electron chi connectivity index (χ1n) is 8.25. The monoisotopic (exact) mass is 395 g/mol. The van der Waals surface area contributed by atoms with E-state index in [1.165, 1.54) is 25.3 Å². The normalized spacial score (nSPS) is 12.1. The number of hydrogen-bond donors (Lipinski definition) is 1. The van der Waals surface area contributed by atoms with Gasteiger partial charge in [-0.25, -0.2) is 4.79 Å². The molecule has 0 unspecified atom stereocenters. The topological polar surface area (TPSA) is 72.3 Å². The van der Waals surface area contributed by atoms with Crippen molar-refractivity contribution in [2.45, 2.75) is 32.5 Å². The molecule has 0 saturated carbocycles. The largest absolute Gasteiger partial charge is 0.495 e. The summed E-state index contributed by atoms with van der Waals surface area (Å²) < 4.78 is 48.1. The van der Waals surface area contributed by atoms with Crippen LogP contribution in [0.15, 0.2) is 52.7 Å². The maximum atomic E-state index is 12.6. The number of ether oxygens (including phenoxy) is 2. The van der Waals surface area contributed by atoms with Gasteiger partial charge in [0.05, 0.1) is 29.7 Å².